The van der Waals surface area contributed by atoms with Crippen LogP contribution in [0.3, 0.4) is 0 Å². The molecule has 0 spiro atoms. The van der Waals surface area contributed by atoms with E-state index >= 15 is 0 Å². The molecule has 24 heavy (non-hydrogen) atoms. The largest absolute Gasteiger partial charge is 0.352 e. The van der Waals surface area contributed by atoms with Crippen LogP contribution in [-0.2, 0) is 29.1 Å². The van der Waals surface area contributed by atoms with Gasteiger partial charge < -0.3 is 10.2 Å². The van der Waals surface area contributed by atoms with Crippen LogP contribution in [0.2, 0.25) is 0 Å². The summed E-state index contributed by atoms with van der Waals surface area (Å²) in [7, 11) is 0. The van der Waals surface area contributed by atoms with Crippen molar-refractivity contribution in [2.45, 2.75) is 38.8 Å². The minimum atomic E-state index is 0.0169. The van der Waals surface area contributed by atoms with Gasteiger partial charge in [-0.05, 0) is 29.5 Å². The van der Waals surface area contributed by atoms with E-state index in [-0.39, 0.29) is 11.8 Å². The van der Waals surface area contributed by atoms with Crippen molar-refractivity contribution < 1.29 is 9.59 Å². The normalized spacial score (nSPS) is 14.2. The fourth-order valence-electron chi connectivity index (χ4n) is 2.92. The van der Waals surface area contributed by atoms with Crippen LogP contribution in [0.15, 0.2) is 36.7 Å². The van der Waals surface area contributed by atoms with Crippen LogP contribution >= 0.6 is 0 Å². The molecule has 0 atom stereocenters. The summed E-state index contributed by atoms with van der Waals surface area (Å²) in [5.41, 5.74) is 3.19. The van der Waals surface area contributed by atoms with Gasteiger partial charge in [-0.15, -0.1) is 0 Å². The highest BCUT2D eigenvalue weighted by atomic mass is 16.2. The van der Waals surface area contributed by atoms with Crippen LogP contribution < -0.4 is 5.32 Å². The number of aromatic nitrogens is 2. The molecule has 1 aliphatic heterocycles. The van der Waals surface area contributed by atoms with E-state index in [9.17, 15) is 9.59 Å². The topological polar surface area (TPSA) is 78.1 Å². The Morgan fingerprint density at radius 3 is 2.83 bits per heavy atom. The molecule has 2 heterocycles. The second-order valence-corrected chi connectivity index (χ2v) is 6.07. The molecule has 0 saturated carbocycles. The average molecular weight is 326 g/mol. The summed E-state index contributed by atoms with van der Waals surface area (Å²) in [6.07, 6.45) is 6.22. The van der Waals surface area contributed by atoms with Gasteiger partial charge in [-0.3, -0.25) is 14.7 Å². The lowest BCUT2D eigenvalue weighted by Gasteiger charge is -2.18. The number of aryl methyl sites for hydroxylation is 1. The van der Waals surface area contributed by atoms with E-state index in [1.165, 1.54) is 0 Å². The standard InChI is InChI=1S/C18H22N4O2/c23-17(8-7-14-10-20-21-11-14)19-12-15-4-1-2-5-16(15)13-22-9-3-6-18(22)24/h1-2,4-5,10-11H,3,6-9,12-13H2,(H,19,23)(H,20,21). The zero-order valence-corrected chi connectivity index (χ0v) is 13.6. The molecule has 1 fully saturated rings. The molecule has 1 aromatic carbocycles. The van der Waals surface area contributed by atoms with Crippen molar-refractivity contribution in [2.24, 2.45) is 0 Å². The first kappa shape index (κ1) is 16.2. The molecule has 0 bridgehead atoms. The van der Waals surface area contributed by atoms with E-state index in [1.807, 2.05) is 29.2 Å². The fraction of sp³-hybridized carbons (Fsp3) is 0.389. The molecule has 3 rings (SSSR count). The van der Waals surface area contributed by atoms with Crippen LogP contribution in [0.25, 0.3) is 0 Å². The second-order valence-electron chi connectivity index (χ2n) is 6.07. The van der Waals surface area contributed by atoms with Gasteiger partial charge in [-0.1, -0.05) is 24.3 Å². The Hall–Kier alpha value is -2.63. The Labute approximate surface area is 141 Å². The smallest absolute Gasteiger partial charge is 0.222 e. The Morgan fingerprint density at radius 2 is 2.12 bits per heavy atom. The van der Waals surface area contributed by atoms with Gasteiger partial charge in [0, 0.05) is 38.7 Å². The van der Waals surface area contributed by atoms with Crippen LogP contribution in [0.1, 0.15) is 36.0 Å². The number of benzene rings is 1. The Bertz CT molecular complexity index is 697. The first-order valence-corrected chi connectivity index (χ1v) is 8.31. The third-order valence-corrected chi connectivity index (χ3v) is 4.32. The van der Waals surface area contributed by atoms with Crippen LogP contribution in [0.4, 0.5) is 0 Å². The quantitative estimate of drug-likeness (QED) is 0.814. The summed E-state index contributed by atoms with van der Waals surface area (Å²) in [6, 6.07) is 7.97. The lowest BCUT2D eigenvalue weighted by Crippen LogP contribution is -2.26. The summed E-state index contributed by atoms with van der Waals surface area (Å²) >= 11 is 0. The van der Waals surface area contributed by atoms with Gasteiger partial charge in [0.1, 0.15) is 0 Å². The first-order chi connectivity index (χ1) is 11.7. The third-order valence-electron chi connectivity index (χ3n) is 4.32. The molecule has 1 saturated heterocycles. The van der Waals surface area contributed by atoms with Crippen molar-refractivity contribution in [1.29, 1.82) is 0 Å². The maximum atomic E-state index is 12.0. The van der Waals surface area contributed by atoms with Crippen molar-refractivity contribution in [3.8, 4) is 0 Å². The minimum Gasteiger partial charge on any atom is -0.352 e. The molecular weight excluding hydrogens is 304 g/mol. The number of aromatic amines is 1. The molecular formula is C18H22N4O2. The zero-order valence-electron chi connectivity index (χ0n) is 13.6. The zero-order chi connectivity index (χ0) is 16.8. The predicted octanol–water partition coefficient (Wildman–Crippen LogP) is 1.78. The monoisotopic (exact) mass is 326 g/mol. The summed E-state index contributed by atoms with van der Waals surface area (Å²) in [5, 5.41) is 9.58. The van der Waals surface area contributed by atoms with Gasteiger partial charge >= 0.3 is 0 Å². The van der Waals surface area contributed by atoms with Gasteiger partial charge in [0.15, 0.2) is 0 Å². The van der Waals surface area contributed by atoms with Crippen molar-refractivity contribution in [3.05, 3.63) is 53.3 Å². The lowest BCUT2D eigenvalue weighted by atomic mass is 10.1. The maximum Gasteiger partial charge on any atom is 0.222 e. The van der Waals surface area contributed by atoms with E-state index < -0.39 is 0 Å². The summed E-state index contributed by atoms with van der Waals surface area (Å²) in [5.74, 6) is 0.234. The molecule has 1 aromatic heterocycles. The molecule has 2 N–H and O–H groups in total. The van der Waals surface area contributed by atoms with Crippen molar-refractivity contribution in [3.63, 3.8) is 0 Å². The van der Waals surface area contributed by atoms with Gasteiger partial charge in [-0.2, -0.15) is 5.10 Å². The summed E-state index contributed by atoms with van der Waals surface area (Å²) in [6.45, 7) is 1.94. The Balaban J connectivity index is 1.53. The molecule has 0 unspecified atom stereocenters. The molecule has 6 nitrogen and oxygen atoms in total. The summed E-state index contributed by atoms with van der Waals surface area (Å²) in [4.78, 5) is 25.7. The van der Waals surface area contributed by atoms with Crippen LogP contribution in [0, 0.1) is 0 Å². The number of nitrogens with one attached hydrogen (secondary N) is 2. The molecule has 2 aromatic rings. The molecule has 0 aliphatic carbocycles. The second kappa shape index (κ2) is 7.77. The SMILES string of the molecule is O=C(CCc1cn[nH]c1)NCc1ccccc1CN1CCCC1=O. The highest BCUT2D eigenvalue weighted by Crippen LogP contribution is 2.17. The molecule has 2 amide bonds. The van der Waals surface area contributed by atoms with Gasteiger partial charge in [0.25, 0.3) is 0 Å². The number of nitrogens with zero attached hydrogens (tertiary/aromatic N) is 2. The summed E-state index contributed by atoms with van der Waals surface area (Å²) < 4.78 is 0. The maximum absolute atomic E-state index is 12.0. The minimum absolute atomic E-state index is 0.0169. The highest BCUT2D eigenvalue weighted by molar-refractivity contribution is 5.78. The van der Waals surface area contributed by atoms with E-state index in [4.69, 9.17) is 0 Å². The van der Waals surface area contributed by atoms with E-state index in [2.05, 4.69) is 15.5 Å². The first-order valence-electron chi connectivity index (χ1n) is 8.31. The molecule has 126 valence electrons. The van der Waals surface area contributed by atoms with Gasteiger partial charge in [0.2, 0.25) is 11.8 Å². The number of H-pyrrole nitrogens is 1. The third kappa shape index (κ3) is 4.22. The number of hydrogen-bond acceptors (Lipinski definition) is 3. The molecule has 6 heteroatoms. The predicted molar refractivity (Wildman–Crippen MR) is 89.8 cm³/mol. The molecule has 0 radical (unpaired) electrons. The van der Waals surface area contributed by atoms with Crippen LogP contribution in [0.5, 0.6) is 0 Å². The number of carbonyl (C=O) groups is 2. The van der Waals surface area contributed by atoms with Gasteiger partial charge in [0.05, 0.1) is 6.20 Å². The lowest BCUT2D eigenvalue weighted by molar-refractivity contribution is -0.128. The Kier molecular flexibility index (Phi) is 5.25. The fourth-order valence-corrected chi connectivity index (χ4v) is 2.92. The number of carbonyl (C=O) groups excluding carboxylic acids is 2. The number of amides is 2. The van der Waals surface area contributed by atoms with E-state index in [0.29, 0.717) is 32.4 Å². The number of rotatable bonds is 7. The van der Waals surface area contributed by atoms with Crippen molar-refractivity contribution in [1.82, 2.24) is 20.4 Å². The highest BCUT2D eigenvalue weighted by Gasteiger charge is 2.20. The van der Waals surface area contributed by atoms with Crippen molar-refractivity contribution in [2.75, 3.05) is 6.54 Å². The number of likely N-dealkylation sites (tertiary alicyclic amines) is 1. The Morgan fingerprint density at radius 1 is 1.29 bits per heavy atom. The van der Waals surface area contributed by atoms with Gasteiger partial charge in [-0.25, -0.2) is 0 Å². The average Bonchev–Trinajstić information content (AvgIpc) is 3.24. The number of hydrogen-bond donors (Lipinski definition) is 2. The van der Waals surface area contributed by atoms with Crippen molar-refractivity contribution >= 4 is 11.8 Å². The van der Waals surface area contributed by atoms with E-state index in [1.54, 1.807) is 12.4 Å². The van der Waals surface area contributed by atoms with E-state index in [0.717, 1.165) is 29.7 Å². The molecule has 1 aliphatic rings. The van der Waals surface area contributed by atoms with Crippen LogP contribution in [-0.4, -0.2) is 33.5 Å².